The summed E-state index contributed by atoms with van der Waals surface area (Å²) in [6.07, 6.45) is 1.76. The van der Waals surface area contributed by atoms with E-state index in [4.69, 9.17) is 10.5 Å². The third-order valence-electron chi connectivity index (χ3n) is 3.02. The SMILES string of the molecule is Nc1c(OCc2ccccc2)ccc2ncccc12. The molecule has 0 saturated carbocycles. The summed E-state index contributed by atoms with van der Waals surface area (Å²) in [5, 5.41) is 0.924. The molecule has 0 aliphatic rings. The van der Waals surface area contributed by atoms with Gasteiger partial charge in [0.25, 0.3) is 0 Å². The minimum Gasteiger partial charge on any atom is -0.487 e. The maximum atomic E-state index is 6.12. The van der Waals surface area contributed by atoms with Crippen molar-refractivity contribution in [3.63, 3.8) is 0 Å². The molecule has 19 heavy (non-hydrogen) atoms. The number of pyridine rings is 1. The Balaban J connectivity index is 1.87. The molecule has 1 aromatic heterocycles. The van der Waals surface area contributed by atoms with Crippen molar-refractivity contribution in [1.29, 1.82) is 0 Å². The Bertz CT molecular complexity index is 695. The largest absolute Gasteiger partial charge is 0.487 e. The lowest BCUT2D eigenvalue weighted by Gasteiger charge is -2.10. The number of fused-ring (bicyclic) bond motifs is 1. The molecule has 0 saturated heterocycles. The number of ether oxygens (including phenoxy) is 1. The van der Waals surface area contributed by atoms with Crippen LogP contribution in [0.2, 0.25) is 0 Å². The average Bonchev–Trinajstić information content (AvgIpc) is 2.48. The van der Waals surface area contributed by atoms with E-state index in [1.54, 1.807) is 6.20 Å². The van der Waals surface area contributed by atoms with Gasteiger partial charge in [-0.25, -0.2) is 0 Å². The zero-order chi connectivity index (χ0) is 13.1. The molecule has 0 amide bonds. The van der Waals surface area contributed by atoms with Gasteiger partial charge in [-0.05, 0) is 29.8 Å². The highest BCUT2D eigenvalue weighted by atomic mass is 16.5. The predicted molar refractivity (Wildman–Crippen MR) is 76.9 cm³/mol. The zero-order valence-corrected chi connectivity index (χ0v) is 10.4. The highest BCUT2D eigenvalue weighted by molar-refractivity contribution is 5.93. The highest BCUT2D eigenvalue weighted by Crippen LogP contribution is 2.29. The molecule has 0 bridgehead atoms. The lowest BCUT2D eigenvalue weighted by molar-refractivity contribution is 0.308. The summed E-state index contributed by atoms with van der Waals surface area (Å²) in [4.78, 5) is 4.27. The molecule has 0 unspecified atom stereocenters. The lowest BCUT2D eigenvalue weighted by Crippen LogP contribution is -1.99. The Morgan fingerprint density at radius 2 is 1.79 bits per heavy atom. The Morgan fingerprint density at radius 3 is 2.63 bits per heavy atom. The highest BCUT2D eigenvalue weighted by Gasteiger charge is 2.06. The molecular formula is C16H14N2O. The second kappa shape index (κ2) is 4.98. The number of nitrogens with zero attached hydrogens (tertiary/aromatic N) is 1. The van der Waals surface area contributed by atoms with Crippen LogP contribution in [0.5, 0.6) is 5.75 Å². The third-order valence-corrected chi connectivity index (χ3v) is 3.02. The Morgan fingerprint density at radius 1 is 0.947 bits per heavy atom. The molecule has 3 rings (SSSR count). The van der Waals surface area contributed by atoms with Crippen LogP contribution in [0.1, 0.15) is 5.56 Å². The summed E-state index contributed by atoms with van der Waals surface area (Å²) < 4.78 is 5.78. The van der Waals surface area contributed by atoms with Crippen molar-refractivity contribution >= 4 is 16.6 Å². The van der Waals surface area contributed by atoms with Gasteiger partial charge in [0.2, 0.25) is 0 Å². The molecule has 0 aliphatic heterocycles. The first-order valence-electron chi connectivity index (χ1n) is 6.14. The van der Waals surface area contributed by atoms with Crippen LogP contribution in [0.25, 0.3) is 10.9 Å². The number of anilines is 1. The van der Waals surface area contributed by atoms with Crippen molar-refractivity contribution < 1.29 is 4.74 Å². The lowest BCUT2D eigenvalue weighted by atomic mass is 10.1. The zero-order valence-electron chi connectivity index (χ0n) is 10.4. The van der Waals surface area contributed by atoms with E-state index in [1.807, 2.05) is 54.6 Å². The maximum Gasteiger partial charge on any atom is 0.143 e. The van der Waals surface area contributed by atoms with E-state index in [9.17, 15) is 0 Å². The quantitative estimate of drug-likeness (QED) is 0.725. The van der Waals surface area contributed by atoms with Crippen LogP contribution in [0, 0.1) is 0 Å². The van der Waals surface area contributed by atoms with Crippen molar-refractivity contribution in [3.8, 4) is 5.75 Å². The van der Waals surface area contributed by atoms with Crippen molar-refractivity contribution in [3.05, 3.63) is 66.4 Å². The van der Waals surface area contributed by atoms with Crippen molar-refractivity contribution in [1.82, 2.24) is 4.98 Å². The van der Waals surface area contributed by atoms with E-state index in [1.165, 1.54) is 0 Å². The Kier molecular flexibility index (Phi) is 3.02. The fraction of sp³-hybridized carbons (Fsp3) is 0.0625. The van der Waals surface area contributed by atoms with Gasteiger partial charge in [-0.2, -0.15) is 0 Å². The van der Waals surface area contributed by atoms with Crippen LogP contribution in [0.4, 0.5) is 5.69 Å². The Labute approximate surface area is 111 Å². The van der Waals surface area contributed by atoms with Gasteiger partial charge in [-0.3, -0.25) is 4.98 Å². The summed E-state index contributed by atoms with van der Waals surface area (Å²) in [5.41, 5.74) is 8.76. The molecule has 0 atom stereocenters. The smallest absolute Gasteiger partial charge is 0.143 e. The fourth-order valence-electron chi connectivity index (χ4n) is 2.02. The number of hydrogen-bond donors (Lipinski definition) is 1. The number of nitrogen functional groups attached to an aromatic ring is 1. The molecule has 3 aromatic rings. The molecule has 0 fully saturated rings. The molecule has 0 aliphatic carbocycles. The standard InChI is InChI=1S/C16H14N2O/c17-16-13-7-4-10-18-14(13)8-9-15(16)19-11-12-5-2-1-3-6-12/h1-10H,11,17H2. The van der Waals surface area contributed by atoms with Crippen molar-refractivity contribution in [2.24, 2.45) is 0 Å². The van der Waals surface area contributed by atoms with Crippen molar-refractivity contribution in [2.45, 2.75) is 6.61 Å². The summed E-state index contributed by atoms with van der Waals surface area (Å²) in [5.74, 6) is 0.698. The molecular weight excluding hydrogens is 236 g/mol. The monoisotopic (exact) mass is 250 g/mol. The van der Waals surface area contributed by atoms with Gasteiger partial charge in [0.05, 0.1) is 11.2 Å². The summed E-state index contributed by atoms with van der Waals surface area (Å²) in [7, 11) is 0. The first-order valence-corrected chi connectivity index (χ1v) is 6.14. The molecule has 3 nitrogen and oxygen atoms in total. The first kappa shape index (κ1) is 11.5. The van der Waals surface area contributed by atoms with Gasteiger partial charge >= 0.3 is 0 Å². The first-order chi connectivity index (χ1) is 9.34. The number of rotatable bonds is 3. The number of benzene rings is 2. The van der Waals surface area contributed by atoms with Crippen LogP contribution < -0.4 is 10.5 Å². The number of hydrogen-bond acceptors (Lipinski definition) is 3. The molecule has 0 spiro atoms. The molecule has 1 heterocycles. The fourth-order valence-corrected chi connectivity index (χ4v) is 2.02. The van der Waals surface area contributed by atoms with Gasteiger partial charge in [-0.1, -0.05) is 30.3 Å². The summed E-state index contributed by atoms with van der Waals surface area (Å²) in [6.45, 7) is 0.511. The van der Waals surface area contributed by atoms with E-state index < -0.39 is 0 Å². The number of nitrogens with two attached hydrogens (primary N) is 1. The van der Waals surface area contributed by atoms with Gasteiger partial charge < -0.3 is 10.5 Å². The maximum absolute atomic E-state index is 6.12. The van der Waals surface area contributed by atoms with Gasteiger partial charge in [0, 0.05) is 11.6 Å². The van der Waals surface area contributed by atoms with E-state index in [0.717, 1.165) is 16.5 Å². The van der Waals surface area contributed by atoms with E-state index >= 15 is 0 Å². The predicted octanol–water partition coefficient (Wildman–Crippen LogP) is 3.40. The van der Waals surface area contributed by atoms with Crippen molar-refractivity contribution in [2.75, 3.05) is 5.73 Å². The number of aromatic nitrogens is 1. The van der Waals surface area contributed by atoms with Gasteiger partial charge in [0.1, 0.15) is 12.4 Å². The topological polar surface area (TPSA) is 48.1 Å². The third kappa shape index (κ3) is 2.36. The van der Waals surface area contributed by atoms with Crippen LogP contribution in [0.3, 0.4) is 0 Å². The second-order valence-corrected chi connectivity index (χ2v) is 4.32. The van der Waals surface area contributed by atoms with Crippen LogP contribution in [-0.2, 0) is 6.61 Å². The molecule has 94 valence electrons. The van der Waals surface area contributed by atoms with Gasteiger partial charge in [-0.15, -0.1) is 0 Å². The second-order valence-electron chi connectivity index (χ2n) is 4.32. The van der Waals surface area contributed by atoms with E-state index in [-0.39, 0.29) is 0 Å². The molecule has 3 heteroatoms. The molecule has 2 aromatic carbocycles. The summed E-state index contributed by atoms with van der Waals surface area (Å²) >= 11 is 0. The normalized spacial score (nSPS) is 10.5. The minimum atomic E-state index is 0.511. The molecule has 0 radical (unpaired) electrons. The van der Waals surface area contributed by atoms with Crippen LogP contribution in [0.15, 0.2) is 60.8 Å². The molecule has 2 N–H and O–H groups in total. The van der Waals surface area contributed by atoms with E-state index in [0.29, 0.717) is 18.0 Å². The van der Waals surface area contributed by atoms with Gasteiger partial charge in [0.15, 0.2) is 0 Å². The van der Waals surface area contributed by atoms with E-state index in [2.05, 4.69) is 4.98 Å². The average molecular weight is 250 g/mol. The van der Waals surface area contributed by atoms with Crippen LogP contribution in [-0.4, -0.2) is 4.98 Å². The summed E-state index contributed by atoms with van der Waals surface area (Å²) in [6, 6.07) is 17.6. The minimum absolute atomic E-state index is 0.511. The Hall–Kier alpha value is -2.55. The van der Waals surface area contributed by atoms with Crippen LogP contribution >= 0.6 is 0 Å².